The van der Waals surface area contributed by atoms with Crippen LogP contribution in [0.25, 0.3) is 11.5 Å². The predicted molar refractivity (Wildman–Crippen MR) is 59.7 cm³/mol. The molecule has 5 nitrogen and oxygen atoms in total. The van der Waals surface area contributed by atoms with Crippen LogP contribution in [-0.4, -0.2) is 28.2 Å². The standard InChI is InChI=1S/C11H13FN4O/c1-2-13-6-5-10-15-11(16-17-10)9-4-3-8(12)7-14-9/h3-4,7,13H,2,5-6H2,1H3. The van der Waals surface area contributed by atoms with Gasteiger partial charge in [0.25, 0.3) is 0 Å². The second-order valence-electron chi connectivity index (χ2n) is 3.48. The van der Waals surface area contributed by atoms with Crippen LogP contribution >= 0.6 is 0 Å². The molecule has 2 rings (SSSR count). The van der Waals surface area contributed by atoms with Crippen LogP contribution < -0.4 is 5.32 Å². The number of halogens is 1. The highest BCUT2D eigenvalue weighted by molar-refractivity contribution is 5.47. The topological polar surface area (TPSA) is 63.8 Å². The van der Waals surface area contributed by atoms with Crippen LogP contribution in [0.1, 0.15) is 12.8 Å². The molecule has 2 heterocycles. The van der Waals surface area contributed by atoms with Gasteiger partial charge in [-0.1, -0.05) is 12.1 Å². The smallest absolute Gasteiger partial charge is 0.228 e. The molecule has 1 N–H and O–H groups in total. The molecule has 0 aromatic carbocycles. The molecule has 0 radical (unpaired) electrons. The van der Waals surface area contributed by atoms with E-state index >= 15 is 0 Å². The molecule has 0 spiro atoms. The van der Waals surface area contributed by atoms with Crippen LogP contribution in [-0.2, 0) is 6.42 Å². The zero-order valence-electron chi connectivity index (χ0n) is 9.48. The van der Waals surface area contributed by atoms with Gasteiger partial charge in [-0.05, 0) is 18.7 Å². The normalized spacial score (nSPS) is 10.7. The van der Waals surface area contributed by atoms with Crippen molar-refractivity contribution in [2.75, 3.05) is 13.1 Å². The van der Waals surface area contributed by atoms with Crippen LogP contribution in [0, 0.1) is 5.82 Å². The molecule has 2 aromatic rings. The molecule has 0 bridgehead atoms. The van der Waals surface area contributed by atoms with Crippen molar-refractivity contribution in [2.45, 2.75) is 13.3 Å². The third kappa shape index (κ3) is 3.07. The van der Waals surface area contributed by atoms with Crippen molar-refractivity contribution < 1.29 is 8.91 Å². The first kappa shape index (κ1) is 11.7. The van der Waals surface area contributed by atoms with Crippen molar-refractivity contribution in [3.05, 3.63) is 30.0 Å². The number of hydrogen-bond donors (Lipinski definition) is 1. The molecule has 0 aliphatic heterocycles. The molecule has 0 unspecified atom stereocenters. The predicted octanol–water partition coefficient (Wildman–Crippen LogP) is 1.42. The molecule has 6 heteroatoms. The van der Waals surface area contributed by atoms with E-state index in [9.17, 15) is 4.39 Å². The summed E-state index contributed by atoms with van der Waals surface area (Å²) in [6, 6.07) is 2.84. The molecule has 0 fully saturated rings. The Kier molecular flexibility index (Phi) is 3.77. The van der Waals surface area contributed by atoms with E-state index in [0.717, 1.165) is 19.3 Å². The van der Waals surface area contributed by atoms with Crippen LogP contribution in [0.3, 0.4) is 0 Å². The summed E-state index contributed by atoms with van der Waals surface area (Å²) in [5.41, 5.74) is 0.504. The number of nitrogens with zero attached hydrogens (tertiary/aromatic N) is 3. The molecule has 0 aliphatic rings. The van der Waals surface area contributed by atoms with Crippen LogP contribution in [0.15, 0.2) is 22.9 Å². The van der Waals surface area contributed by atoms with E-state index in [1.165, 1.54) is 12.1 Å². The minimum atomic E-state index is -0.385. The lowest BCUT2D eigenvalue weighted by molar-refractivity contribution is 0.376. The Labute approximate surface area is 98.1 Å². The van der Waals surface area contributed by atoms with Crippen molar-refractivity contribution in [2.24, 2.45) is 0 Å². The lowest BCUT2D eigenvalue weighted by atomic mass is 10.3. The second-order valence-corrected chi connectivity index (χ2v) is 3.48. The maximum Gasteiger partial charge on any atom is 0.228 e. The molecular formula is C11H13FN4O. The van der Waals surface area contributed by atoms with E-state index in [1.54, 1.807) is 0 Å². The maximum atomic E-state index is 12.7. The quantitative estimate of drug-likeness (QED) is 0.795. The SMILES string of the molecule is CCNCCc1nc(-c2ccc(F)cn2)no1. The van der Waals surface area contributed by atoms with Gasteiger partial charge < -0.3 is 9.84 Å². The summed E-state index contributed by atoms with van der Waals surface area (Å²) in [6.45, 7) is 3.72. The summed E-state index contributed by atoms with van der Waals surface area (Å²) in [5, 5.41) is 6.96. The average Bonchev–Trinajstić information content (AvgIpc) is 2.79. The molecule has 0 saturated heterocycles. The molecule has 0 saturated carbocycles. The molecule has 0 atom stereocenters. The van der Waals surface area contributed by atoms with Gasteiger partial charge in [0, 0.05) is 13.0 Å². The van der Waals surface area contributed by atoms with E-state index in [4.69, 9.17) is 4.52 Å². The zero-order chi connectivity index (χ0) is 12.1. The Hall–Kier alpha value is -1.82. The van der Waals surface area contributed by atoms with Gasteiger partial charge in [-0.15, -0.1) is 0 Å². The summed E-state index contributed by atoms with van der Waals surface area (Å²) in [7, 11) is 0. The molecule has 0 amide bonds. The van der Waals surface area contributed by atoms with Crippen molar-refractivity contribution in [3.63, 3.8) is 0 Å². The average molecular weight is 236 g/mol. The zero-order valence-corrected chi connectivity index (χ0v) is 9.48. The first-order valence-corrected chi connectivity index (χ1v) is 5.45. The van der Waals surface area contributed by atoms with Crippen molar-refractivity contribution in [3.8, 4) is 11.5 Å². The number of pyridine rings is 1. The van der Waals surface area contributed by atoms with Gasteiger partial charge in [-0.3, -0.25) is 0 Å². The molecule has 2 aromatic heterocycles. The van der Waals surface area contributed by atoms with Crippen LogP contribution in [0.4, 0.5) is 4.39 Å². The Morgan fingerprint density at radius 1 is 1.41 bits per heavy atom. The van der Waals surface area contributed by atoms with Gasteiger partial charge in [-0.2, -0.15) is 4.98 Å². The number of nitrogens with one attached hydrogen (secondary N) is 1. The monoisotopic (exact) mass is 236 g/mol. The van der Waals surface area contributed by atoms with Gasteiger partial charge in [0.2, 0.25) is 11.7 Å². The lowest BCUT2D eigenvalue weighted by Crippen LogP contribution is -2.16. The lowest BCUT2D eigenvalue weighted by Gasteiger charge is -1.95. The first-order valence-electron chi connectivity index (χ1n) is 5.45. The van der Waals surface area contributed by atoms with Crippen molar-refractivity contribution in [1.29, 1.82) is 0 Å². The highest BCUT2D eigenvalue weighted by Crippen LogP contribution is 2.12. The molecule has 0 aliphatic carbocycles. The fourth-order valence-corrected chi connectivity index (χ4v) is 1.34. The third-order valence-electron chi connectivity index (χ3n) is 2.19. The van der Waals surface area contributed by atoms with Crippen molar-refractivity contribution in [1.82, 2.24) is 20.4 Å². The highest BCUT2D eigenvalue weighted by atomic mass is 19.1. The maximum absolute atomic E-state index is 12.7. The summed E-state index contributed by atoms with van der Waals surface area (Å²) < 4.78 is 17.7. The third-order valence-corrected chi connectivity index (χ3v) is 2.19. The van der Waals surface area contributed by atoms with E-state index < -0.39 is 0 Å². The van der Waals surface area contributed by atoms with Gasteiger partial charge in [0.1, 0.15) is 11.5 Å². The van der Waals surface area contributed by atoms with Gasteiger partial charge >= 0.3 is 0 Å². The molecule has 90 valence electrons. The minimum absolute atomic E-state index is 0.385. The van der Waals surface area contributed by atoms with Gasteiger partial charge in [-0.25, -0.2) is 9.37 Å². The highest BCUT2D eigenvalue weighted by Gasteiger charge is 2.09. The molecule has 17 heavy (non-hydrogen) atoms. The summed E-state index contributed by atoms with van der Waals surface area (Å²) in [5.74, 6) is 0.549. The Morgan fingerprint density at radius 2 is 2.29 bits per heavy atom. The summed E-state index contributed by atoms with van der Waals surface area (Å²) >= 11 is 0. The number of hydrogen-bond acceptors (Lipinski definition) is 5. The van der Waals surface area contributed by atoms with E-state index in [2.05, 4.69) is 20.4 Å². The fourth-order valence-electron chi connectivity index (χ4n) is 1.34. The minimum Gasteiger partial charge on any atom is -0.339 e. The van der Waals surface area contributed by atoms with Gasteiger partial charge in [0.15, 0.2) is 0 Å². The van der Waals surface area contributed by atoms with Crippen LogP contribution in [0.2, 0.25) is 0 Å². The summed E-state index contributed by atoms with van der Waals surface area (Å²) in [6.07, 6.45) is 1.80. The van der Waals surface area contributed by atoms with E-state index in [-0.39, 0.29) is 5.82 Å². The van der Waals surface area contributed by atoms with Gasteiger partial charge in [0.05, 0.1) is 6.20 Å². The fraction of sp³-hybridized carbons (Fsp3) is 0.364. The summed E-state index contributed by atoms with van der Waals surface area (Å²) in [4.78, 5) is 8.06. The second kappa shape index (κ2) is 5.49. The Balaban J connectivity index is 2.04. The molecular weight excluding hydrogens is 223 g/mol. The van der Waals surface area contributed by atoms with E-state index in [1.807, 2.05) is 6.92 Å². The number of rotatable bonds is 5. The van der Waals surface area contributed by atoms with E-state index in [0.29, 0.717) is 23.8 Å². The number of aromatic nitrogens is 3. The van der Waals surface area contributed by atoms with Crippen LogP contribution in [0.5, 0.6) is 0 Å². The Bertz CT molecular complexity index is 469. The first-order chi connectivity index (χ1) is 8.29. The number of likely N-dealkylation sites (N-methyl/N-ethyl adjacent to an activating group) is 1. The largest absolute Gasteiger partial charge is 0.339 e. The Morgan fingerprint density at radius 3 is 3.00 bits per heavy atom. The van der Waals surface area contributed by atoms with Crippen molar-refractivity contribution >= 4 is 0 Å².